The molecule has 0 aliphatic carbocycles. The minimum absolute atomic E-state index is 0.140. The van der Waals surface area contributed by atoms with Crippen LogP contribution in [-0.2, 0) is 4.79 Å². The molecule has 0 aliphatic rings. The van der Waals surface area contributed by atoms with Crippen LogP contribution in [0.25, 0.3) is 0 Å². The Morgan fingerprint density at radius 1 is 1.12 bits per heavy atom. The van der Waals surface area contributed by atoms with Gasteiger partial charge in [0.1, 0.15) is 6.10 Å². The van der Waals surface area contributed by atoms with Gasteiger partial charge in [-0.1, -0.05) is 41.5 Å². The molecule has 102 valence electrons. The number of carbonyl (C=O) groups is 1. The number of rotatable bonds is 5. The van der Waals surface area contributed by atoms with Crippen molar-refractivity contribution in [1.29, 1.82) is 0 Å². The summed E-state index contributed by atoms with van der Waals surface area (Å²) in [7, 11) is 0. The topological polar surface area (TPSA) is 57.5 Å². The van der Waals surface area contributed by atoms with E-state index in [1.807, 2.05) is 0 Å². The summed E-state index contributed by atoms with van der Waals surface area (Å²) in [6, 6.07) is 0. The lowest BCUT2D eigenvalue weighted by Gasteiger charge is -2.28. The summed E-state index contributed by atoms with van der Waals surface area (Å²) < 4.78 is 0. The molecule has 0 fully saturated rings. The standard InChI is InChI=1S/C14H28O3/c1-13(2,3)8-7-10(9-15)11(16)12(17)14(4,5)6/h10-11,15-16H,7-9H2,1-6H3/t10-,11+/m1/s1. The number of ketones is 1. The van der Waals surface area contributed by atoms with E-state index < -0.39 is 11.5 Å². The van der Waals surface area contributed by atoms with Gasteiger partial charge in [0.2, 0.25) is 0 Å². The summed E-state index contributed by atoms with van der Waals surface area (Å²) in [6.07, 6.45) is 0.498. The quantitative estimate of drug-likeness (QED) is 0.780. The van der Waals surface area contributed by atoms with Gasteiger partial charge in [0.15, 0.2) is 5.78 Å². The van der Waals surface area contributed by atoms with Crippen molar-refractivity contribution < 1.29 is 15.0 Å². The molecular formula is C14H28O3. The molecule has 0 spiro atoms. The van der Waals surface area contributed by atoms with Gasteiger partial charge in [-0.15, -0.1) is 0 Å². The first-order valence-electron chi connectivity index (χ1n) is 6.32. The Bertz CT molecular complexity index is 245. The fourth-order valence-corrected chi connectivity index (χ4v) is 1.63. The van der Waals surface area contributed by atoms with E-state index in [4.69, 9.17) is 0 Å². The van der Waals surface area contributed by atoms with Crippen LogP contribution < -0.4 is 0 Å². The number of aliphatic hydroxyl groups excluding tert-OH is 2. The van der Waals surface area contributed by atoms with Gasteiger partial charge in [0.25, 0.3) is 0 Å². The van der Waals surface area contributed by atoms with Gasteiger partial charge in [-0.2, -0.15) is 0 Å². The number of carbonyl (C=O) groups excluding carboxylic acids is 1. The van der Waals surface area contributed by atoms with Gasteiger partial charge >= 0.3 is 0 Å². The smallest absolute Gasteiger partial charge is 0.166 e. The van der Waals surface area contributed by atoms with Crippen LogP contribution >= 0.6 is 0 Å². The molecule has 3 nitrogen and oxygen atoms in total. The van der Waals surface area contributed by atoms with Crippen molar-refractivity contribution in [2.45, 2.75) is 60.5 Å². The van der Waals surface area contributed by atoms with Gasteiger partial charge in [-0.3, -0.25) is 4.79 Å². The first-order valence-corrected chi connectivity index (χ1v) is 6.32. The van der Waals surface area contributed by atoms with Crippen LogP contribution in [0.2, 0.25) is 0 Å². The van der Waals surface area contributed by atoms with Crippen LogP contribution in [0, 0.1) is 16.7 Å². The zero-order valence-electron chi connectivity index (χ0n) is 12.1. The normalized spacial score (nSPS) is 16.7. The minimum atomic E-state index is -1.05. The van der Waals surface area contributed by atoms with Crippen molar-refractivity contribution in [2.24, 2.45) is 16.7 Å². The van der Waals surface area contributed by atoms with Crippen molar-refractivity contribution in [3.05, 3.63) is 0 Å². The van der Waals surface area contributed by atoms with Crippen LogP contribution in [-0.4, -0.2) is 28.7 Å². The first kappa shape index (κ1) is 16.6. The molecular weight excluding hydrogens is 216 g/mol. The molecule has 3 heteroatoms. The molecule has 0 aromatic rings. The molecule has 0 aromatic carbocycles. The highest BCUT2D eigenvalue weighted by Gasteiger charge is 2.33. The second kappa shape index (κ2) is 5.96. The highest BCUT2D eigenvalue weighted by atomic mass is 16.3. The maximum atomic E-state index is 11.9. The molecule has 17 heavy (non-hydrogen) atoms. The van der Waals surface area contributed by atoms with E-state index in [0.717, 1.165) is 6.42 Å². The molecule has 0 radical (unpaired) electrons. The Morgan fingerprint density at radius 3 is 1.88 bits per heavy atom. The van der Waals surface area contributed by atoms with Gasteiger partial charge in [-0.05, 0) is 18.3 Å². The molecule has 2 atom stereocenters. The monoisotopic (exact) mass is 244 g/mol. The van der Waals surface area contributed by atoms with Crippen LogP contribution in [0.4, 0.5) is 0 Å². The SMILES string of the molecule is CC(C)(C)CC[C@H](CO)[C@H](O)C(=O)C(C)(C)C. The van der Waals surface area contributed by atoms with E-state index in [1.54, 1.807) is 20.8 Å². The zero-order valence-corrected chi connectivity index (χ0v) is 12.1. The average molecular weight is 244 g/mol. The largest absolute Gasteiger partial charge is 0.396 e. The molecule has 0 bridgehead atoms. The highest BCUT2D eigenvalue weighted by molar-refractivity contribution is 5.87. The lowest BCUT2D eigenvalue weighted by molar-refractivity contribution is -0.139. The Hall–Kier alpha value is -0.410. The average Bonchev–Trinajstić information content (AvgIpc) is 2.14. The van der Waals surface area contributed by atoms with Gasteiger partial charge in [-0.25, -0.2) is 0 Å². The van der Waals surface area contributed by atoms with E-state index in [2.05, 4.69) is 20.8 Å². The second-order valence-corrected chi connectivity index (χ2v) is 7.10. The lowest BCUT2D eigenvalue weighted by Crippen LogP contribution is -2.39. The van der Waals surface area contributed by atoms with Crippen molar-refractivity contribution in [3.63, 3.8) is 0 Å². The molecule has 2 N–H and O–H groups in total. The van der Waals surface area contributed by atoms with Crippen LogP contribution in [0.3, 0.4) is 0 Å². The molecule has 0 aliphatic heterocycles. The van der Waals surface area contributed by atoms with Crippen molar-refractivity contribution in [2.75, 3.05) is 6.61 Å². The number of hydrogen-bond donors (Lipinski definition) is 2. The third kappa shape index (κ3) is 6.18. The molecule has 0 aromatic heterocycles. The van der Waals surface area contributed by atoms with Crippen molar-refractivity contribution in [1.82, 2.24) is 0 Å². The third-order valence-electron chi connectivity index (χ3n) is 2.95. The van der Waals surface area contributed by atoms with Crippen LogP contribution in [0.5, 0.6) is 0 Å². The summed E-state index contributed by atoms with van der Waals surface area (Å²) in [6.45, 7) is 11.6. The zero-order chi connectivity index (χ0) is 13.9. The maximum Gasteiger partial charge on any atom is 0.166 e. The summed E-state index contributed by atoms with van der Waals surface area (Å²) in [4.78, 5) is 11.9. The molecule has 0 unspecified atom stereocenters. The summed E-state index contributed by atoms with van der Waals surface area (Å²) in [5.41, 5.74) is -0.410. The minimum Gasteiger partial charge on any atom is -0.396 e. The molecule has 0 heterocycles. The molecule has 0 rings (SSSR count). The summed E-state index contributed by atoms with van der Waals surface area (Å²) in [5, 5.41) is 19.3. The van der Waals surface area contributed by atoms with E-state index in [0.29, 0.717) is 6.42 Å². The lowest BCUT2D eigenvalue weighted by atomic mass is 9.79. The Kier molecular flexibility index (Phi) is 5.82. The van der Waals surface area contributed by atoms with E-state index >= 15 is 0 Å². The van der Waals surface area contributed by atoms with Gasteiger partial charge in [0, 0.05) is 17.9 Å². The maximum absolute atomic E-state index is 11.9. The predicted molar refractivity (Wildman–Crippen MR) is 69.7 cm³/mol. The Balaban J connectivity index is 4.52. The van der Waals surface area contributed by atoms with E-state index in [9.17, 15) is 15.0 Å². The van der Waals surface area contributed by atoms with E-state index in [-0.39, 0.29) is 23.7 Å². The second-order valence-electron chi connectivity index (χ2n) is 7.10. The summed E-state index contributed by atoms with van der Waals surface area (Å²) in [5.74, 6) is -0.536. The van der Waals surface area contributed by atoms with Gasteiger partial charge < -0.3 is 10.2 Å². The van der Waals surface area contributed by atoms with Crippen LogP contribution in [0.15, 0.2) is 0 Å². The van der Waals surface area contributed by atoms with Gasteiger partial charge in [0.05, 0.1) is 0 Å². The number of aliphatic hydroxyl groups is 2. The van der Waals surface area contributed by atoms with Crippen molar-refractivity contribution >= 4 is 5.78 Å². The fourth-order valence-electron chi connectivity index (χ4n) is 1.63. The third-order valence-corrected chi connectivity index (χ3v) is 2.95. The van der Waals surface area contributed by atoms with E-state index in [1.165, 1.54) is 0 Å². The first-order chi connectivity index (χ1) is 7.49. The highest BCUT2D eigenvalue weighted by Crippen LogP contribution is 2.27. The molecule has 0 amide bonds. The predicted octanol–water partition coefficient (Wildman–Crippen LogP) is 2.40. The number of hydrogen-bond acceptors (Lipinski definition) is 3. The summed E-state index contributed by atoms with van der Waals surface area (Å²) >= 11 is 0. The molecule has 0 saturated carbocycles. The van der Waals surface area contributed by atoms with Crippen molar-refractivity contribution in [3.8, 4) is 0 Å². The number of Topliss-reactive ketones (excluding diaryl/α,β-unsaturated/α-hetero) is 1. The van der Waals surface area contributed by atoms with Crippen LogP contribution in [0.1, 0.15) is 54.4 Å². The molecule has 0 saturated heterocycles. The Labute approximate surface area is 105 Å². The Morgan fingerprint density at radius 2 is 1.59 bits per heavy atom. The fraction of sp³-hybridized carbons (Fsp3) is 0.929.